The van der Waals surface area contributed by atoms with Crippen LogP contribution >= 0.6 is 23.2 Å². The van der Waals surface area contributed by atoms with E-state index >= 15 is 0 Å². The van der Waals surface area contributed by atoms with Crippen LogP contribution in [0.4, 0.5) is 10.5 Å². The Balaban J connectivity index is 1.53. The lowest BCUT2D eigenvalue weighted by atomic mass is 10.0. The fraction of sp³-hybridized carbons (Fsp3) is 0.143. The predicted molar refractivity (Wildman–Crippen MR) is 111 cm³/mol. The SMILES string of the molecule is O=C(Nc1ccc(Cl)c(Cl)c1)N1CC[NH+]=C1Cc1cccc2ccccc12. The van der Waals surface area contributed by atoms with Crippen molar-refractivity contribution in [2.24, 2.45) is 0 Å². The van der Waals surface area contributed by atoms with Crippen LogP contribution < -0.4 is 10.3 Å². The number of benzene rings is 3. The first-order valence-electron chi connectivity index (χ1n) is 8.72. The molecular weight excluding hydrogens is 381 g/mol. The largest absolute Gasteiger partial charge is 0.413 e. The van der Waals surface area contributed by atoms with Gasteiger partial charge in [-0.2, -0.15) is 4.90 Å². The molecule has 27 heavy (non-hydrogen) atoms. The van der Waals surface area contributed by atoms with Crippen LogP contribution in [0, 0.1) is 0 Å². The second kappa shape index (κ2) is 7.59. The fourth-order valence-electron chi connectivity index (χ4n) is 3.32. The Hall–Kier alpha value is -2.56. The van der Waals surface area contributed by atoms with E-state index in [1.807, 2.05) is 18.2 Å². The molecule has 0 fully saturated rings. The maximum atomic E-state index is 12.8. The second-order valence-corrected chi connectivity index (χ2v) is 7.21. The molecule has 0 saturated carbocycles. The molecule has 2 amide bonds. The highest BCUT2D eigenvalue weighted by Gasteiger charge is 2.32. The van der Waals surface area contributed by atoms with Crippen LogP contribution in [0.3, 0.4) is 0 Å². The summed E-state index contributed by atoms with van der Waals surface area (Å²) in [6.45, 7) is 1.35. The monoisotopic (exact) mass is 398 g/mol. The summed E-state index contributed by atoms with van der Waals surface area (Å²) in [6, 6.07) is 19.4. The molecule has 0 atom stereocenters. The van der Waals surface area contributed by atoms with E-state index in [2.05, 4.69) is 34.6 Å². The maximum absolute atomic E-state index is 12.8. The quantitative estimate of drug-likeness (QED) is 0.693. The first-order chi connectivity index (χ1) is 13.1. The van der Waals surface area contributed by atoms with Gasteiger partial charge in [0.1, 0.15) is 13.1 Å². The Labute approximate surface area is 167 Å². The van der Waals surface area contributed by atoms with Crippen molar-refractivity contribution in [2.45, 2.75) is 6.42 Å². The van der Waals surface area contributed by atoms with Crippen molar-refractivity contribution in [3.05, 3.63) is 76.3 Å². The summed E-state index contributed by atoms with van der Waals surface area (Å²) in [6.07, 6.45) is 0.663. The second-order valence-electron chi connectivity index (χ2n) is 6.40. The number of urea groups is 1. The minimum atomic E-state index is -0.186. The van der Waals surface area contributed by atoms with Gasteiger partial charge in [-0.05, 0) is 34.5 Å². The summed E-state index contributed by atoms with van der Waals surface area (Å²) in [7, 11) is 0. The molecule has 0 radical (unpaired) electrons. The van der Waals surface area contributed by atoms with E-state index in [0.717, 1.165) is 12.4 Å². The Kier molecular flexibility index (Phi) is 5.01. The van der Waals surface area contributed by atoms with E-state index in [-0.39, 0.29) is 6.03 Å². The summed E-state index contributed by atoms with van der Waals surface area (Å²) in [4.78, 5) is 17.8. The molecule has 0 aromatic heterocycles. The molecule has 1 aliphatic heterocycles. The van der Waals surface area contributed by atoms with Crippen molar-refractivity contribution in [1.82, 2.24) is 4.90 Å². The third-order valence-electron chi connectivity index (χ3n) is 4.64. The van der Waals surface area contributed by atoms with Crippen molar-refractivity contribution in [3.8, 4) is 0 Å². The van der Waals surface area contributed by atoms with Crippen LogP contribution in [0.25, 0.3) is 10.8 Å². The first-order valence-corrected chi connectivity index (χ1v) is 9.47. The lowest BCUT2D eigenvalue weighted by molar-refractivity contribution is -0.445. The van der Waals surface area contributed by atoms with E-state index in [9.17, 15) is 4.79 Å². The summed E-state index contributed by atoms with van der Waals surface area (Å²) < 4.78 is 0. The summed E-state index contributed by atoms with van der Waals surface area (Å²) in [5.41, 5.74) is 1.80. The molecular formula is C21H18Cl2N3O+. The van der Waals surface area contributed by atoms with Gasteiger partial charge in [-0.1, -0.05) is 65.7 Å². The third kappa shape index (κ3) is 3.77. The average molecular weight is 399 g/mol. The van der Waals surface area contributed by atoms with Gasteiger partial charge in [-0.15, -0.1) is 0 Å². The minimum absolute atomic E-state index is 0.186. The number of nitrogens with zero attached hydrogens (tertiary/aromatic N) is 1. The van der Waals surface area contributed by atoms with Crippen molar-refractivity contribution in [2.75, 3.05) is 18.4 Å². The lowest BCUT2D eigenvalue weighted by Gasteiger charge is -2.13. The van der Waals surface area contributed by atoms with E-state index in [0.29, 0.717) is 28.7 Å². The van der Waals surface area contributed by atoms with E-state index < -0.39 is 0 Å². The van der Waals surface area contributed by atoms with Gasteiger partial charge in [-0.3, -0.25) is 10.3 Å². The van der Waals surface area contributed by atoms with Gasteiger partial charge >= 0.3 is 6.03 Å². The molecule has 0 spiro atoms. The molecule has 6 heteroatoms. The van der Waals surface area contributed by atoms with Crippen LogP contribution in [-0.4, -0.2) is 29.9 Å². The molecule has 4 rings (SSSR count). The number of amides is 2. The highest BCUT2D eigenvalue weighted by atomic mass is 35.5. The standard InChI is InChI=1S/C21H17Cl2N3O/c22-18-9-8-16(13-19(18)23)25-21(27)26-11-10-24-20(26)12-15-6-3-5-14-4-1-2-7-17(14)15/h1-9,13H,10-12H2,(H,25,27)/p+1. The van der Waals surface area contributed by atoms with Crippen LogP contribution in [0.1, 0.15) is 5.56 Å². The Bertz CT molecular complexity index is 1040. The van der Waals surface area contributed by atoms with Crippen molar-refractivity contribution in [1.29, 1.82) is 0 Å². The van der Waals surface area contributed by atoms with Gasteiger partial charge in [0, 0.05) is 5.69 Å². The van der Waals surface area contributed by atoms with Crippen LogP contribution in [0.2, 0.25) is 10.0 Å². The third-order valence-corrected chi connectivity index (χ3v) is 5.38. The number of hydrogen-bond acceptors (Lipinski definition) is 1. The number of carbonyl (C=O) groups excluding carboxylic acids is 1. The highest BCUT2D eigenvalue weighted by molar-refractivity contribution is 6.42. The number of halogens is 2. The van der Waals surface area contributed by atoms with Crippen molar-refractivity contribution in [3.63, 3.8) is 0 Å². The molecule has 0 unspecified atom stereocenters. The van der Waals surface area contributed by atoms with E-state index in [1.54, 1.807) is 23.1 Å². The smallest absolute Gasteiger partial charge is 0.288 e. The normalized spacial score (nSPS) is 13.7. The fourth-order valence-corrected chi connectivity index (χ4v) is 3.61. The van der Waals surface area contributed by atoms with Gasteiger partial charge in [0.25, 0.3) is 5.84 Å². The Morgan fingerprint density at radius 2 is 1.85 bits per heavy atom. The number of amidine groups is 1. The molecule has 1 heterocycles. The van der Waals surface area contributed by atoms with Crippen molar-refractivity contribution < 1.29 is 9.79 Å². The zero-order valence-electron chi connectivity index (χ0n) is 14.5. The molecule has 3 aromatic rings. The molecule has 136 valence electrons. The van der Waals surface area contributed by atoms with Gasteiger partial charge in [0.2, 0.25) is 0 Å². The first kappa shape index (κ1) is 17.8. The van der Waals surface area contributed by atoms with Gasteiger partial charge < -0.3 is 0 Å². The number of nitrogens with one attached hydrogen (secondary N) is 2. The number of rotatable bonds is 3. The van der Waals surface area contributed by atoms with E-state index in [1.165, 1.54) is 16.3 Å². The van der Waals surface area contributed by atoms with E-state index in [4.69, 9.17) is 23.2 Å². The molecule has 4 nitrogen and oxygen atoms in total. The molecule has 0 bridgehead atoms. The summed E-state index contributed by atoms with van der Waals surface area (Å²) in [5.74, 6) is 0.893. The minimum Gasteiger partial charge on any atom is -0.288 e. The lowest BCUT2D eigenvalue weighted by Crippen LogP contribution is -2.71. The number of hydrogen-bond donors (Lipinski definition) is 2. The van der Waals surface area contributed by atoms with Gasteiger partial charge in [0.05, 0.1) is 16.5 Å². The highest BCUT2D eigenvalue weighted by Crippen LogP contribution is 2.25. The molecule has 1 aliphatic rings. The molecule has 3 aromatic carbocycles. The van der Waals surface area contributed by atoms with Crippen LogP contribution in [0.15, 0.2) is 60.7 Å². The number of carbonyl (C=O) groups is 1. The van der Waals surface area contributed by atoms with Crippen molar-refractivity contribution >= 4 is 51.5 Å². The number of fused-ring (bicyclic) bond motifs is 1. The summed E-state index contributed by atoms with van der Waals surface area (Å²) >= 11 is 12.0. The Morgan fingerprint density at radius 3 is 2.70 bits per heavy atom. The average Bonchev–Trinajstić information content (AvgIpc) is 3.13. The van der Waals surface area contributed by atoms with Gasteiger partial charge in [0.15, 0.2) is 0 Å². The predicted octanol–water partition coefficient (Wildman–Crippen LogP) is 3.72. The molecule has 0 saturated heterocycles. The topological polar surface area (TPSA) is 46.3 Å². The maximum Gasteiger partial charge on any atom is 0.413 e. The summed E-state index contributed by atoms with van der Waals surface area (Å²) in [5, 5.41) is 6.15. The Morgan fingerprint density at radius 1 is 1.04 bits per heavy atom. The van der Waals surface area contributed by atoms with Gasteiger partial charge in [-0.25, -0.2) is 4.79 Å². The zero-order valence-corrected chi connectivity index (χ0v) is 16.0. The molecule has 2 N–H and O–H groups in total. The van der Waals surface area contributed by atoms with Crippen LogP contribution in [0.5, 0.6) is 0 Å². The zero-order chi connectivity index (χ0) is 18.8. The number of anilines is 1. The van der Waals surface area contributed by atoms with Crippen LogP contribution in [-0.2, 0) is 6.42 Å². The molecule has 0 aliphatic carbocycles.